The SMILES string of the molecule is COCCc1cccc(C2(c3ccc(OC(F)F)c(C4CC4)c3)N=C(N)N(C)C2=O)c1. The molecule has 0 saturated heterocycles. The van der Waals surface area contributed by atoms with Crippen molar-refractivity contribution < 1.29 is 23.0 Å². The molecule has 8 heteroatoms. The van der Waals surface area contributed by atoms with Crippen LogP contribution in [0.15, 0.2) is 47.5 Å². The number of hydrogen-bond donors (Lipinski definition) is 1. The Morgan fingerprint density at radius 3 is 2.58 bits per heavy atom. The molecular formula is C23H25F2N3O3. The van der Waals surface area contributed by atoms with Crippen LogP contribution in [-0.2, 0) is 21.5 Å². The van der Waals surface area contributed by atoms with Crippen molar-refractivity contribution in [3.8, 4) is 5.75 Å². The molecule has 1 fully saturated rings. The zero-order valence-corrected chi connectivity index (χ0v) is 17.5. The number of carbonyl (C=O) groups is 1. The normalized spacial score (nSPS) is 21.0. The van der Waals surface area contributed by atoms with Gasteiger partial charge in [0, 0.05) is 14.2 Å². The number of nitrogens with two attached hydrogens (primary N) is 1. The Balaban J connectivity index is 1.86. The third-order valence-corrected chi connectivity index (χ3v) is 5.84. The number of hydrogen-bond acceptors (Lipinski definition) is 5. The minimum atomic E-state index is -2.91. The fourth-order valence-electron chi connectivity index (χ4n) is 4.05. The van der Waals surface area contributed by atoms with Crippen molar-refractivity contribution in [1.82, 2.24) is 4.90 Å². The highest BCUT2D eigenvalue weighted by Gasteiger charge is 2.50. The molecule has 1 aliphatic carbocycles. The molecule has 4 rings (SSSR count). The van der Waals surface area contributed by atoms with Gasteiger partial charge in [-0.3, -0.25) is 9.69 Å². The largest absolute Gasteiger partial charge is 0.435 e. The Bertz CT molecular complexity index is 1020. The average molecular weight is 429 g/mol. The lowest BCUT2D eigenvalue weighted by atomic mass is 9.81. The summed E-state index contributed by atoms with van der Waals surface area (Å²) in [4.78, 5) is 19.4. The van der Waals surface area contributed by atoms with Crippen molar-refractivity contribution in [1.29, 1.82) is 0 Å². The van der Waals surface area contributed by atoms with Crippen LogP contribution in [0.5, 0.6) is 5.75 Å². The maximum Gasteiger partial charge on any atom is 0.387 e. The third-order valence-electron chi connectivity index (χ3n) is 5.84. The van der Waals surface area contributed by atoms with Crippen LogP contribution in [0.1, 0.15) is 41.0 Å². The summed E-state index contributed by atoms with van der Waals surface area (Å²) in [5.74, 6) is 0.0849. The number of halogens is 2. The van der Waals surface area contributed by atoms with Gasteiger partial charge in [-0.2, -0.15) is 8.78 Å². The van der Waals surface area contributed by atoms with E-state index in [9.17, 15) is 13.6 Å². The number of aliphatic imine (C=N–C) groups is 1. The Labute approximate surface area is 179 Å². The van der Waals surface area contributed by atoms with Gasteiger partial charge in [-0.1, -0.05) is 30.3 Å². The molecule has 1 unspecified atom stereocenters. The van der Waals surface area contributed by atoms with E-state index in [2.05, 4.69) is 4.99 Å². The first kappa shape index (κ1) is 21.2. The van der Waals surface area contributed by atoms with Gasteiger partial charge in [-0.15, -0.1) is 0 Å². The molecule has 1 saturated carbocycles. The quantitative estimate of drug-likeness (QED) is 0.698. The summed E-state index contributed by atoms with van der Waals surface area (Å²) in [6, 6.07) is 12.5. The number of guanidine groups is 1. The van der Waals surface area contributed by atoms with Gasteiger partial charge >= 0.3 is 6.61 Å². The first-order valence-electron chi connectivity index (χ1n) is 10.2. The lowest BCUT2D eigenvalue weighted by molar-refractivity contribution is -0.129. The van der Waals surface area contributed by atoms with Crippen LogP contribution in [0.4, 0.5) is 8.78 Å². The average Bonchev–Trinajstić information content (AvgIpc) is 3.57. The fraction of sp³-hybridized carbons (Fsp3) is 0.391. The lowest BCUT2D eigenvalue weighted by Crippen LogP contribution is -2.41. The van der Waals surface area contributed by atoms with Gasteiger partial charge in [0.15, 0.2) is 11.5 Å². The molecule has 1 heterocycles. The maximum atomic E-state index is 13.5. The first-order chi connectivity index (χ1) is 14.9. The minimum Gasteiger partial charge on any atom is -0.435 e. The van der Waals surface area contributed by atoms with Crippen LogP contribution < -0.4 is 10.5 Å². The molecule has 1 aliphatic heterocycles. The summed E-state index contributed by atoms with van der Waals surface area (Å²) in [5, 5.41) is 0. The monoisotopic (exact) mass is 429 g/mol. The molecule has 164 valence electrons. The van der Waals surface area contributed by atoms with Gasteiger partial charge in [-0.25, -0.2) is 4.99 Å². The van der Waals surface area contributed by atoms with Crippen LogP contribution >= 0.6 is 0 Å². The van der Waals surface area contributed by atoms with Crippen LogP contribution in [0.25, 0.3) is 0 Å². The van der Waals surface area contributed by atoms with Crippen LogP contribution in [0.2, 0.25) is 0 Å². The number of rotatable bonds is 8. The van der Waals surface area contributed by atoms with E-state index in [4.69, 9.17) is 15.2 Å². The van der Waals surface area contributed by atoms with Crippen molar-refractivity contribution in [2.75, 3.05) is 20.8 Å². The van der Waals surface area contributed by atoms with E-state index in [1.54, 1.807) is 26.3 Å². The Morgan fingerprint density at radius 1 is 1.23 bits per heavy atom. The van der Waals surface area contributed by atoms with Crippen LogP contribution in [0.3, 0.4) is 0 Å². The van der Waals surface area contributed by atoms with E-state index in [1.807, 2.05) is 24.3 Å². The van der Waals surface area contributed by atoms with Crippen molar-refractivity contribution in [2.24, 2.45) is 10.7 Å². The van der Waals surface area contributed by atoms with Crippen LogP contribution in [0, 0.1) is 0 Å². The second-order valence-electron chi connectivity index (χ2n) is 7.89. The molecule has 0 spiro atoms. The van der Waals surface area contributed by atoms with Gasteiger partial charge in [0.05, 0.1) is 6.61 Å². The predicted octanol–water partition coefficient (Wildman–Crippen LogP) is 3.38. The van der Waals surface area contributed by atoms with Crippen molar-refractivity contribution in [2.45, 2.75) is 37.3 Å². The highest BCUT2D eigenvalue weighted by Crippen LogP contribution is 2.48. The molecule has 0 bridgehead atoms. The molecule has 1 atom stereocenters. The first-order valence-corrected chi connectivity index (χ1v) is 10.2. The third kappa shape index (κ3) is 3.87. The predicted molar refractivity (Wildman–Crippen MR) is 112 cm³/mol. The van der Waals surface area contributed by atoms with Crippen molar-refractivity contribution >= 4 is 11.9 Å². The number of nitrogens with zero attached hydrogens (tertiary/aromatic N) is 2. The smallest absolute Gasteiger partial charge is 0.387 e. The zero-order valence-electron chi connectivity index (χ0n) is 17.5. The summed E-state index contributed by atoms with van der Waals surface area (Å²) >= 11 is 0. The summed E-state index contributed by atoms with van der Waals surface area (Å²) < 4.78 is 35.7. The number of amides is 1. The summed E-state index contributed by atoms with van der Waals surface area (Å²) in [7, 11) is 3.21. The number of likely N-dealkylation sites (N-methyl/N-ethyl adjacent to an activating group) is 1. The highest BCUT2D eigenvalue weighted by atomic mass is 19.3. The topological polar surface area (TPSA) is 77.2 Å². The molecule has 0 aromatic heterocycles. The van der Waals surface area contributed by atoms with Crippen LogP contribution in [-0.4, -0.2) is 44.1 Å². The molecule has 6 nitrogen and oxygen atoms in total. The fourth-order valence-corrected chi connectivity index (χ4v) is 4.05. The van der Waals surface area contributed by atoms with E-state index in [0.29, 0.717) is 29.7 Å². The van der Waals surface area contributed by atoms with Gasteiger partial charge in [-0.05, 0) is 59.6 Å². The highest BCUT2D eigenvalue weighted by molar-refractivity contribution is 6.09. The van der Waals surface area contributed by atoms with Gasteiger partial charge in [0.1, 0.15) is 5.75 Å². The van der Waals surface area contributed by atoms with Crippen molar-refractivity contribution in [3.63, 3.8) is 0 Å². The standard InChI is InChI=1S/C23H25F2N3O3/c1-28-20(29)23(27-22(28)26,16-5-3-4-14(12-16)10-11-30-2)17-8-9-19(31-21(24)25)18(13-17)15-6-7-15/h3-5,8-9,12-13,15,21H,6-7,10-11H2,1-2H3,(H2,26,27). The van der Waals surface area contributed by atoms with Gasteiger partial charge in [0.2, 0.25) is 0 Å². The molecule has 2 N–H and O–H groups in total. The summed E-state index contributed by atoms with van der Waals surface area (Å²) in [6.07, 6.45) is 2.46. The molecule has 0 radical (unpaired) electrons. The van der Waals surface area contributed by atoms with E-state index in [-0.39, 0.29) is 23.5 Å². The Hall–Kier alpha value is -3.00. The second-order valence-corrected chi connectivity index (χ2v) is 7.89. The maximum absolute atomic E-state index is 13.5. The molecule has 2 aliphatic rings. The number of ether oxygens (including phenoxy) is 2. The van der Waals surface area contributed by atoms with E-state index >= 15 is 0 Å². The number of benzene rings is 2. The Morgan fingerprint density at radius 2 is 1.97 bits per heavy atom. The van der Waals surface area contributed by atoms with Gasteiger partial charge < -0.3 is 15.2 Å². The zero-order chi connectivity index (χ0) is 22.2. The lowest BCUT2D eigenvalue weighted by Gasteiger charge is -2.27. The number of methoxy groups -OCH3 is 1. The summed E-state index contributed by atoms with van der Waals surface area (Å²) in [6.45, 7) is -2.37. The van der Waals surface area contributed by atoms with Crippen molar-refractivity contribution in [3.05, 3.63) is 64.7 Å². The number of carbonyl (C=O) groups excluding carboxylic acids is 1. The number of alkyl halides is 2. The van der Waals surface area contributed by atoms with E-state index in [0.717, 1.165) is 18.4 Å². The van der Waals surface area contributed by atoms with Gasteiger partial charge in [0.25, 0.3) is 5.91 Å². The molecule has 31 heavy (non-hydrogen) atoms. The van der Waals surface area contributed by atoms with E-state index < -0.39 is 12.2 Å². The Kier molecular flexibility index (Phi) is 5.66. The molecule has 2 aromatic rings. The molecular weight excluding hydrogens is 404 g/mol. The second kappa shape index (κ2) is 8.26. The molecule has 2 aromatic carbocycles. The minimum absolute atomic E-state index is 0.105. The van der Waals surface area contributed by atoms with E-state index in [1.165, 1.54) is 11.0 Å². The summed E-state index contributed by atoms with van der Waals surface area (Å²) in [5.41, 5.74) is 7.59. The molecule has 1 amide bonds.